The van der Waals surface area contributed by atoms with Crippen molar-refractivity contribution < 1.29 is 4.92 Å². The van der Waals surface area contributed by atoms with E-state index < -0.39 is 0 Å². The van der Waals surface area contributed by atoms with Crippen LogP contribution in [0, 0.1) is 10.1 Å². The molecule has 0 heterocycles. The molecule has 36 valence electrons. The molecular weight excluding hydrogens is 150 g/mol. The fourth-order valence-corrected chi connectivity index (χ4v) is 0.359. The molecule has 0 bridgehead atoms. The van der Waals surface area contributed by atoms with E-state index in [0.717, 1.165) is 0 Å². The van der Waals surface area contributed by atoms with Crippen molar-refractivity contribution in [2.45, 2.75) is 0 Å². The molecule has 0 unspecified atom stereocenters. The van der Waals surface area contributed by atoms with Crippen molar-refractivity contribution >= 4 is 15.9 Å². The Labute approximate surface area is 43.6 Å². The van der Waals surface area contributed by atoms with Gasteiger partial charge in [-0.05, 0) is 0 Å². The summed E-state index contributed by atoms with van der Waals surface area (Å²) in [5, 5.41) is 9.82. The molecule has 0 aromatic rings. The molecule has 3 nitrogen and oxygen atoms in total. The molecule has 0 saturated heterocycles. The van der Waals surface area contributed by atoms with E-state index in [1.807, 2.05) is 0 Å². The number of nitro groups is 1. The number of hydrogen-bond donors (Lipinski definition) is 0. The molecule has 0 aliphatic rings. The second-order valence-corrected chi connectivity index (χ2v) is 1.54. The Balaban J connectivity index is 2.83. The van der Waals surface area contributed by atoms with E-state index in [4.69, 9.17) is 0 Å². The SMILES string of the molecule is O=[N+]([O-])CCBr. The van der Waals surface area contributed by atoms with Gasteiger partial charge in [-0.2, -0.15) is 0 Å². The van der Waals surface area contributed by atoms with E-state index >= 15 is 0 Å². The van der Waals surface area contributed by atoms with Gasteiger partial charge in [0.25, 0.3) is 0 Å². The van der Waals surface area contributed by atoms with Crippen molar-refractivity contribution in [3.05, 3.63) is 10.1 Å². The average Bonchev–Trinajstić information content (AvgIpc) is 1.35. The van der Waals surface area contributed by atoms with Crippen molar-refractivity contribution in [3.63, 3.8) is 0 Å². The van der Waals surface area contributed by atoms with Gasteiger partial charge in [0.15, 0.2) is 0 Å². The first-order chi connectivity index (χ1) is 2.77. The van der Waals surface area contributed by atoms with Gasteiger partial charge < -0.3 is 0 Å². The monoisotopic (exact) mass is 153 g/mol. The Morgan fingerprint density at radius 1 is 1.83 bits per heavy atom. The van der Waals surface area contributed by atoms with Gasteiger partial charge in [-0.25, -0.2) is 0 Å². The number of nitrogens with zero attached hydrogens (tertiary/aromatic N) is 1. The minimum atomic E-state index is -0.366. The summed E-state index contributed by atoms with van der Waals surface area (Å²) in [5.74, 6) is 0. The quantitative estimate of drug-likeness (QED) is 0.333. The van der Waals surface area contributed by atoms with Crippen LogP contribution in [0.25, 0.3) is 0 Å². The van der Waals surface area contributed by atoms with E-state index in [9.17, 15) is 10.1 Å². The molecular formula is C2H4BrNO2. The molecule has 0 rings (SSSR count). The van der Waals surface area contributed by atoms with Crippen LogP contribution in [0.3, 0.4) is 0 Å². The highest BCUT2D eigenvalue weighted by Crippen LogP contribution is 1.76. The predicted molar refractivity (Wildman–Crippen MR) is 25.7 cm³/mol. The third-order valence-corrected chi connectivity index (χ3v) is 0.622. The van der Waals surface area contributed by atoms with Crippen molar-refractivity contribution in [3.8, 4) is 0 Å². The van der Waals surface area contributed by atoms with Gasteiger partial charge in [0.1, 0.15) is 0 Å². The molecule has 0 fully saturated rings. The van der Waals surface area contributed by atoms with Crippen LogP contribution >= 0.6 is 15.9 Å². The highest BCUT2D eigenvalue weighted by atomic mass is 79.9. The molecule has 0 aromatic carbocycles. The topological polar surface area (TPSA) is 43.1 Å². The smallest absolute Gasteiger partial charge is 0.213 e. The van der Waals surface area contributed by atoms with E-state index in [1.165, 1.54) is 0 Å². The van der Waals surface area contributed by atoms with E-state index in [-0.39, 0.29) is 11.5 Å². The number of alkyl halides is 1. The van der Waals surface area contributed by atoms with Gasteiger partial charge in [0.05, 0.1) is 5.33 Å². The van der Waals surface area contributed by atoms with Gasteiger partial charge in [-0.15, -0.1) is 0 Å². The van der Waals surface area contributed by atoms with Gasteiger partial charge in [0.2, 0.25) is 6.54 Å². The first-order valence-corrected chi connectivity index (χ1v) is 2.57. The van der Waals surface area contributed by atoms with Crippen molar-refractivity contribution in [2.24, 2.45) is 0 Å². The Kier molecular flexibility index (Phi) is 3.02. The fraction of sp³-hybridized carbons (Fsp3) is 1.00. The predicted octanol–water partition coefficient (Wildman–Crippen LogP) is 0.658. The first-order valence-electron chi connectivity index (χ1n) is 1.45. The van der Waals surface area contributed by atoms with Gasteiger partial charge >= 0.3 is 0 Å². The molecule has 6 heavy (non-hydrogen) atoms. The third kappa shape index (κ3) is 3.88. The lowest BCUT2D eigenvalue weighted by Gasteiger charge is -1.79. The van der Waals surface area contributed by atoms with Crippen LogP contribution in [-0.4, -0.2) is 16.8 Å². The molecule has 0 aliphatic heterocycles. The number of halogens is 1. The highest BCUT2D eigenvalue weighted by molar-refractivity contribution is 9.09. The highest BCUT2D eigenvalue weighted by Gasteiger charge is 1.87. The lowest BCUT2D eigenvalue weighted by molar-refractivity contribution is -0.474. The lowest BCUT2D eigenvalue weighted by atomic mass is 10.8. The van der Waals surface area contributed by atoms with E-state index in [1.54, 1.807) is 0 Å². The van der Waals surface area contributed by atoms with Crippen LogP contribution in [0.1, 0.15) is 0 Å². The molecule has 0 aromatic heterocycles. The normalized spacial score (nSPS) is 8.17. The minimum Gasteiger partial charge on any atom is -0.265 e. The average molecular weight is 154 g/mol. The molecule has 0 N–H and O–H groups in total. The summed E-state index contributed by atoms with van der Waals surface area (Å²) < 4.78 is 0. The van der Waals surface area contributed by atoms with Crippen molar-refractivity contribution in [2.75, 3.05) is 11.9 Å². The molecule has 0 spiro atoms. The standard InChI is InChI=1S/C2H4BrNO2/c3-1-2-4(5)6/h1-2H2. The largest absolute Gasteiger partial charge is 0.265 e. The molecule has 0 atom stereocenters. The molecule has 0 saturated carbocycles. The minimum absolute atomic E-state index is 0.0139. The van der Waals surface area contributed by atoms with E-state index in [2.05, 4.69) is 15.9 Å². The third-order valence-electron chi connectivity index (χ3n) is 0.267. The Bertz CT molecular complexity index is 55.5. The van der Waals surface area contributed by atoms with Crippen LogP contribution in [0.15, 0.2) is 0 Å². The summed E-state index contributed by atoms with van der Waals surface area (Å²) in [6, 6.07) is 0. The van der Waals surface area contributed by atoms with Crippen molar-refractivity contribution in [1.29, 1.82) is 0 Å². The zero-order valence-corrected chi connectivity index (χ0v) is 4.64. The van der Waals surface area contributed by atoms with Gasteiger partial charge in [0, 0.05) is 4.92 Å². The van der Waals surface area contributed by atoms with Crippen LogP contribution < -0.4 is 0 Å². The zero-order valence-electron chi connectivity index (χ0n) is 3.06. The molecule has 0 radical (unpaired) electrons. The van der Waals surface area contributed by atoms with Crippen LogP contribution in [0.2, 0.25) is 0 Å². The molecule has 4 heteroatoms. The summed E-state index contributed by atoms with van der Waals surface area (Å²) in [7, 11) is 0. The summed E-state index contributed by atoms with van der Waals surface area (Å²) in [6.45, 7) is 0.0139. The fourth-order valence-electron chi connectivity index (χ4n) is 0.0690. The summed E-state index contributed by atoms with van der Waals surface area (Å²) in [4.78, 5) is 9.01. The van der Waals surface area contributed by atoms with Crippen LogP contribution in [0.5, 0.6) is 0 Å². The Hall–Kier alpha value is -0.120. The maximum atomic E-state index is 9.37. The first kappa shape index (κ1) is 5.88. The van der Waals surface area contributed by atoms with Crippen LogP contribution in [0.4, 0.5) is 0 Å². The van der Waals surface area contributed by atoms with Crippen LogP contribution in [-0.2, 0) is 0 Å². The number of hydrogen-bond acceptors (Lipinski definition) is 2. The Morgan fingerprint density at radius 3 is 2.33 bits per heavy atom. The Morgan fingerprint density at radius 2 is 2.33 bits per heavy atom. The molecule has 0 amide bonds. The summed E-state index contributed by atoms with van der Waals surface area (Å²) >= 11 is 2.91. The van der Waals surface area contributed by atoms with Gasteiger partial charge in [-0.3, -0.25) is 10.1 Å². The second kappa shape index (κ2) is 3.08. The molecule has 0 aliphatic carbocycles. The van der Waals surface area contributed by atoms with E-state index in [0.29, 0.717) is 5.33 Å². The summed E-state index contributed by atoms with van der Waals surface area (Å²) in [5.41, 5.74) is 0. The maximum Gasteiger partial charge on any atom is 0.213 e. The number of rotatable bonds is 2. The summed E-state index contributed by atoms with van der Waals surface area (Å²) in [6.07, 6.45) is 0. The lowest BCUT2D eigenvalue weighted by Crippen LogP contribution is -1.99. The second-order valence-electron chi connectivity index (χ2n) is 0.745. The van der Waals surface area contributed by atoms with Gasteiger partial charge in [-0.1, -0.05) is 15.9 Å². The van der Waals surface area contributed by atoms with Crippen molar-refractivity contribution in [1.82, 2.24) is 0 Å². The zero-order chi connectivity index (χ0) is 4.99. The maximum absolute atomic E-state index is 9.37.